The van der Waals surface area contributed by atoms with Crippen molar-refractivity contribution in [3.05, 3.63) is 33.4 Å². The Bertz CT molecular complexity index is 620. The van der Waals surface area contributed by atoms with E-state index in [-0.39, 0.29) is 0 Å². The third-order valence-electron chi connectivity index (χ3n) is 3.17. The number of ether oxygens (including phenoxy) is 1. The van der Waals surface area contributed by atoms with E-state index in [4.69, 9.17) is 10.5 Å². The van der Waals surface area contributed by atoms with E-state index in [9.17, 15) is 0 Å². The van der Waals surface area contributed by atoms with Gasteiger partial charge in [0, 0.05) is 19.2 Å². The van der Waals surface area contributed by atoms with Crippen LogP contribution in [0.4, 0.5) is 0 Å². The van der Waals surface area contributed by atoms with Crippen LogP contribution in [0.25, 0.3) is 11.3 Å². The fraction of sp³-hybridized carbons (Fsp3) is 0.357. The maximum Gasteiger partial charge on any atom is 0.131 e. The summed E-state index contributed by atoms with van der Waals surface area (Å²) < 4.78 is 8.26. The Kier molecular flexibility index (Phi) is 3.96. The van der Waals surface area contributed by atoms with E-state index in [2.05, 4.69) is 40.1 Å². The molecule has 0 bridgehead atoms. The molecule has 102 valence electrons. The highest BCUT2D eigenvalue weighted by Crippen LogP contribution is 2.38. The van der Waals surface area contributed by atoms with Crippen LogP contribution >= 0.6 is 15.9 Å². The van der Waals surface area contributed by atoms with Crippen molar-refractivity contribution < 1.29 is 4.74 Å². The van der Waals surface area contributed by atoms with E-state index in [0.29, 0.717) is 6.54 Å². The largest absolute Gasteiger partial charge is 0.496 e. The molecular formula is C14H18BrN3O. The van der Waals surface area contributed by atoms with Gasteiger partial charge in [-0.2, -0.15) is 5.10 Å². The van der Waals surface area contributed by atoms with Crippen LogP contribution < -0.4 is 10.5 Å². The lowest BCUT2D eigenvalue weighted by atomic mass is 10.0. The van der Waals surface area contributed by atoms with Gasteiger partial charge in [0.05, 0.1) is 17.3 Å². The van der Waals surface area contributed by atoms with Crippen molar-refractivity contribution in [2.75, 3.05) is 7.11 Å². The molecule has 0 aliphatic heterocycles. The van der Waals surface area contributed by atoms with Gasteiger partial charge in [0.15, 0.2) is 0 Å². The molecule has 2 rings (SSSR count). The first-order valence-corrected chi connectivity index (χ1v) is 6.86. The predicted molar refractivity (Wildman–Crippen MR) is 80.3 cm³/mol. The summed E-state index contributed by atoms with van der Waals surface area (Å²) >= 11 is 3.59. The van der Waals surface area contributed by atoms with E-state index in [0.717, 1.165) is 32.7 Å². The topological polar surface area (TPSA) is 53.1 Å². The minimum absolute atomic E-state index is 0.442. The summed E-state index contributed by atoms with van der Waals surface area (Å²) in [6, 6.07) is 4.18. The minimum atomic E-state index is 0.442. The van der Waals surface area contributed by atoms with Gasteiger partial charge in [-0.1, -0.05) is 6.07 Å². The lowest BCUT2D eigenvalue weighted by molar-refractivity contribution is 0.413. The Morgan fingerprint density at radius 1 is 1.37 bits per heavy atom. The molecule has 1 aromatic heterocycles. The third kappa shape index (κ3) is 2.40. The first-order valence-electron chi connectivity index (χ1n) is 6.06. The van der Waals surface area contributed by atoms with Gasteiger partial charge in [-0.25, -0.2) is 0 Å². The van der Waals surface area contributed by atoms with Crippen LogP contribution in [-0.4, -0.2) is 16.9 Å². The van der Waals surface area contributed by atoms with Crippen LogP contribution in [0.3, 0.4) is 0 Å². The molecule has 0 atom stereocenters. The van der Waals surface area contributed by atoms with Gasteiger partial charge >= 0.3 is 0 Å². The Morgan fingerprint density at radius 3 is 2.58 bits per heavy atom. The van der Waals surface area contributed by atoms with Gasteiger partial charge in [-0.05, 0) is 47.0 Å². The molecule has 0 amide bonds. The maximum atomic E-state index is 5.75. The molecule has 0 saturated carbocycles. The lowest BCUT2D eigenvalue weighted by Crippen LogP contribution is -2.04. The Hall–Kier alpha value is -1.33. The molecule has 1 aromatic carbocycles. The Morgan fingerprint density at radius 2 is 2.05 bits per heavy atom. The number of hydrogen-bond donors (Lipinski definition) is 1. The first-order chi connectivity index (χ1) is 8.99. The van der Waals surface area contributed by atoms with Crippen LogP contribution in [-0.2, 0) is 13.6 Å². The highest BCUT2D eigenvalue weighted by Gasteiger charge is 2.19. The third-order valence-corrected chi connectivity index (χ3v) is 4.01. The first kappa shape index (κ1) is 14.1. The molecule has 5 heteroatoms. The van der Waals surface area contributed by atoms with Gasteiger partial charge in [0.2, 0.25) is 0 Å². The summed E-state index contributed by atoms with van der Waals surface area (Å²) in [5, 5.41) is 4.55. The second-order valence-corrected chi connectivity index (χ2v) is 5.39. The molecular weight excluding hydrogens is 306 g/mol. The normalized spacial score (nSPS) is 10.8. The number of aromatic nitrogens is 2. The number of halogens is 1. The van der Waals surface area contributed by atoms with E-state index in [1.807, 2.05) is 14.0 Å². The number of methoxy groups -OCH3 is 1. The van der Waals surface area contributed by atoms with Crippen LogP contribution in [0.2, 0.25) is 0 Å². The van der Waals surface area contributed by atoms with Crippen molar-refractivity contribution in [3.63, 3.8) is 0 Å². The van der Waals surface area contributed by atoms with Crippen molar-refractivity contribution in [3.8, 4) is 17.0 Å². The van der Waals surface area contributed by atoms with Crippen molar-refractivity contribution in [1.29, 1.82) is 0 Å². The molecule has 4 nitrogen and oxygen atoms in total. The van der Waals surface area contributed by atoms with Crippen LogP contribution in [0.1, 0.15) is 16.8 Å². The van der Waals surface area contributed by atoms with E-state index >= 15 is 0 Å². The Labute approximate surface area is 121 Å². The van der Waals surface area contributed by atoms with Crippen LogP contribution in [0, 0.1) is 13.8 Å². The van der Waals surface area contributed by atoms with E-state index in [1.54, 1.807) is 11.8 Å². The van der Waals surface area contributed by atoms with E-state index in [1.165, 1.54) is 5.56 Å². The van der Waals surface area contributed by atoms with Crippen LogP contribution in [0.15, 0.2) is 16.6 Å². The highest BCUT2D eigenvalue weighted by atomic mass is 79.9. The second-order valence-electron chi connectivity index (χ2n) is 4.60. The highest BCUT2D eigenvalue weighted by molar-refractivity contribution is 9.10. The molecule has 0 unspecified atom stereocenters. The number of rotatable bonds is 3. The molecule has 2 aromatic rings. The maximum absolute atomic E-state index is 5.75. The number of nitrogens with zero attached hydrogens (tertiary/aromatic N) is 2. The Balaban J connectivity index is 2.71. The lowest BCUT2D eigenvalue weighted by Gasteiger charge is -2.11. The number of benzene rings is 1. The quantitative estimate of drug-likeness (QED) is 0.944. The van der Waals surface area contributed by atoms with Gasteiger partial charge in [-0.15, -0.1) is 0 Å². The monoisotopic (exact) mass is 323 g/mol. The zero-order valence-electron chi connectivity index (χ0n) is 11.6. The van der Waals surface area contributed by atoms with Gasteiger partial charge in [0.25, 0.3) is 0 Å². The fourth-order valence-corrected chi connectivity index (χ4v) is 3.04. The predicted octanol–water partition coefficient (Wildman–Crippen LogP) is 2.93. The summed E-state index contributed by atoms with van der Waals surface area (Å²) in [5.74, 6) is 0.855. The molecule has 0 fully saturated rings. The van der Waals surface area contributed by atoms with Crippen LogP contribution in [0.5, 0.6) is 5.75 Å². The number of nitrogens with two attached hydrogens (primary N) is 1. The zero-order chi connectivity index (χ0) is 14.2. The molecule has 1 heterocycles. The zero-order valence-corrected chi connectivity index (χ0v) is 13.2. The SMILES string of the molecule is COc1c(C)cc(C)cc1-c1nn(C)c(CN)c1Br. The minimum Gasteiger partial charge on any atom is -0.496 e. The van der Waals surface area contributed by atoms with E-state index < -0.39 is 0 Å². The summed E-state index contributed by atoms with van der Waals surface area (Å²) in [6.45, 7) is 4.55. The molecule has 0 radical (unpaired) electrons. The number of hydrogen-bond acceptors (Lipinski definition) is 3. The summed E-state index contributed by atoms with van der Waals surface area (Å²) in [5.41, 5.74) is 10.9. The van der Waals surface area contributed by atoms with Crippen molar-refractivity contribution in [2.24, 2.45) is 12.8 Å². The average molecular weight is 324 g/mol. The van der Waals surface area contributed by atoms with Gasteiger partial charge in [-0.3, -0.25) is 4.68 Å². The summed E-state index contributed by atoms with van der Waals surface area (Å²) in [6.07, 6.45) is 0. The summed E-state index contributed by atoms with van der Waals surface area (Å²) in [4.78, 5) is 0. The standard InChI is InChI=1S/C14H18BrN3O/c1-8-5-9(2)14(19-4)10(6-8)13-12(15)11(7-16)18(3)17-13/h5-6H,7,16H2,1-4H3. The molecule has 2 N–H and O–H groups in total. The number of aryl methyl sites for hydroxylation is 3. The van der Waals surface area contributed by atoms with Crippen molar-refractivity contribution >= 4 is 15.9 Å². The molecule has 0 aliphatic rings. The molecule has 0 saturated heterocycles. The molecule has 0 aliphatic carbocycles. The fourth-order valence-electron chi connectivity index (χ4n) is 2.33. The smallest absolute Gasteiger partial charge is 0.131 e. The van der Waals surface area contributed by atoms with Gasteiger partial charge in [0.1, 0.15) is 11.4 Å². The van der Waals surface area contributed by atoms with Crippen molar-refractivity contribution in [2.45, 2.75) is 20.4 Å². The van der Waals surface area contributed by atoms with Gasteiger partial charge < -0.3 is 10.5 Å². The average Bonchev–Trinajstić information content (AvgIpc) is 2.63. The summed E-state index contributed by atoms with van der Waals surface area (Å²) in [7, 11) is 3.58. The van der Waals surface area contributed by atoms with Crippen molar-refractivity contribution in [1.82, 2.24) is 9.78 Å². The molecule has 19 heavy (non-hydrogen) atoms. The second kappa shape index (κ2) is 5.35. The molecule has 0 spiro atoms.